The summed E-state index contributed by atoms with van der Waals surface area (Å²) in [5, 5.41) is 32.3. The molecule has 2 aromatic heterocycles. The highest BCUT2D eigenvalue weighted by molar-refractivity contribution is 5.81. The topological polar surface area (TPSA) is 140 Å². The summed E-state index contributed by atoms with van der Waals surface area (Å²) >= 11 is 0. The molecule has 0 unspecified atom stereocenters. The molecular weight excluding hydrogens is 419 g/mol. The number of fused-ring (bicyclic) bond motifs is 1. The first-order valence-corrected chi connectivity index (χ1v) is 9.28. The number of aryl methyl sites for hydroxylation is 1. The van der Waals surface area contributed by atoms with Gasteiger partial charge in [-0.25, -0.2) is 15.0 Å². The third-order valence-corrected chi connectivity index (χ3v) is 5.57. The van der Waals surface area contributed by atoms with E-state index in [2.05, 4.69) is 15.0 Å². The normalized spacial score (nSPS) is 26.3. The SMILES string of the molecule is Cc1cc([C@@](C)(O)[C@H]2O[C@@H](n3cnc4c(N)ncnc43)[C@H](O)[C@@H]2O)ccc1C(F)(F)F. The molecule has 3 aromatic rings. The van der Waals surface area contributed by atoms with Gasteiger partial charge in [0.1, 0.15) is 35.8 Å². The lowest BCUT2D eigenvalue weighted by Gasteiger charge is -2.32. The minimum Gasteiger partial charge on any atom is -0.387 e. The van der Waals surface area contributed by atoms with Gasteiger partial charge in [0.15, 0.2) is 17.7 Å². The first kappa shape index (κ1) is 21.4. The van der Waals surface area contributed by atoms with Crippen molar-refractivity contribution in [3.8, 4) is 0 Å². The van der Waals surface area contributed by atoms with Crippen molar-refractivity contribution in [1.29, 1.82) is 0 Å². The summed E-state index contributed by atoms with van der Waals surface area (Å²) in [6.07, 6.45) is -7.62. The molecule has 12 heteroatoms. The van der Waals surface area contributed by atoms with E-state index >= 15 is 0 Å². The first-order valence-electron chi connectivity index (χ1n) is 9.28. The van der Waals surface area contributed by atoms with Gasteiger partial charge < -0.3 is 25.8 Å². The van der Waals surface area contributed by atoms with Crippen LogP contribution in [0.2, 0.25) is 0 Å². The molecule has 31 heavy (non-hydrogen) atoms. The molecule has 1 aliphatic rings. The quantitative estimate of drug-likeness (QED) is 0.478. The van der Waals surface area contributed by atoms with Crippen LogP contribution in [0.5, 0.6) is 0 Å². The van der Waals surface area contributed by atoms with E-state index in [1.807, 2.05) is 0 Å². The number of anilines is 1. The van der Waals surface area contributed by atoms with E-state index in [1.165, 1.54) is 37.1 Å². The van der Waals surface area contributed by atoms with Gasteiger partial charge in [-0.05, 0) is 31.0 Å². The van der Waals surface area contributed by atoms with Gasteiger partial charge in [0.2, 0.25) is 0 Å². The van der Waals surface area contributed by atoms with Crippen LogP contribution in [-0.4, -0.2) is 53.2 Å². The Morgan fingerprint density at radius 3 is 2.48 bits per heavy atom. The number of aliphatic hydroxyl groups is 3. The van der Waals surface area contributed by atoms with E-state index < -0.39 is 41.9 Å². The molecular formula is C19H20F3N5O4. The fourth-order valence-electron chi connectivity index (χ4n) is 3.87. The Morgan fingerprint density at radius 2 is 1.84 bits per heavy atom. The molecule has 0 radical (unpaired) electrons. The fraction of sp³-hybridized carbons (Fsp3) is 0.421. The Morgan fingerprint density at radius 1 is 1.13 bits per heavy atom. The zero-order chi connectivity index (χ0) is 22.7. The van der Waals surface area contributed by atoms with Crippen LogP contribution in [0.25, 0.3) is 11.2 Å². The molecule has 0 bridgehead atoms. The third kappa shape index (κ3) is 3.41. The second-order valence-electron chi connectivity index (χ2n) is 7.69. The molecule has 4 rings (SSSR count). The molecule has 1 saturated heterocycles. The Balaban J connectivity index is 1.68. The Bertz CT molecular complexity index is 1130. The maximum Gasteiger partial charge on any atom is 0.416 e. The molecule has 5 N–H and O–H groups in total. The predicted molar refractivity (Wildman–Crippen MR) is 101 cm³/mol. The highest BCUT2D eigenvalue weighted by Gasteiger charge is 2.52. The van der Waals surface area contributed by atoms with Gasteiger partial charge >= 0.3 is 6.18 Å². The van der Waals surface area contributed by atoms with Crippen LogP contribution in [0.3, 0.4) is 0 Å². The van der Waals surface area contributed by atoms with Crippen LogP contribution in [0.15, 0.2) is 30.9 Å². The second kappa shape index (κ2) is 7.12. The van der Waals surface area contributed by atoms with Gasteiger partial charge in [0.25, 0.3) is 0 Å². The maximum atomic E-state index is 13.1. The highest BCUT2D eigenvalue weighted by Crippen LogP contribution is 2.41. The van der Waals surface area contributed by atoms with Crippen molar-refractivity contribution in [2.45, 2.75) is 50.2 Å². The van der Waals surface area contributed by atoms with E-state index in [0.29, 0.717) is 0 Å². The highest BCUT2D eigenvalue weighted by atomic mass is 19.4. The summed E-state index contributed by atoms with van der Waals surface area (Å²) in [4.78, 5) is 12.0. The van der Waals surface area contributed by atoms with E-state index in [4.69, 9.17) is 10.5 Å². The van der Waals surface area contributed by atoms with Crippen molar-refractivity contribution in [2.24, 2.45) is 0 Å². The molecule has 0 saturated carbocycles. The standard InChI is InChI=1S/C19H20F3N5O4/c1-8-5-9(3-4-10(8)19(20,21)22)18(2,30)14-12(28)13(29)17(31-14)27-7-26-11-15(23)24-6-25-16(11)27/h3-7,12-14,17,28-30H,1-2H3,(H2,23,24,25)/t12-,13+,14-,17+,18+/m0/s1. The van der Waals surface area contributed by atoms with Gasteiger partial charge in [-0.3, -0.25) is 4.57 Å². The summed E-state index contributed by atoms with van der Waals surface area (Å²) in [5.41, 5.74) is 3.51. The van der Waals surface area contributed by atoms with Gasteiger partial charge in [-0.15, -0.1) is 0 Å². The number of ether oxygens (including phenoxy) is 1. The number of hydrogen-bond donors (Lipinski definition) is 4. The van der Waals surface area contributed by atoms with Crippen molar-refractivity contribution in [2.75, 3.05) is 5.73 Å². The number of nitrogen functional groups attached to an aromatic ring is 1. The van der Waals surface area contributed by atoms with Crippen LogP contribution in [0.4, 0.5) is 19.0 Å². The van der Waals surface area contributed by atoms with E-state index in [1.54, 1.807) is 0 Å². The molecule has 0 spiro atoms. The zero-order valence-corrected chi connectivity index (χ0v) is 16.4. The average molecular weight is 439 g/mol. The number of aliphatic hydroxyl groups excluding tert-OH is 2. The molecule has 1 aromatic carbocycles. The van der Waals surface area contributed by atoms with Gasteiger partial charge in [0, 0.05) is 0 Å². The van der Waals surface area contributed by atoms with Gasteiger partial charge in [-0.1, -0.05) is 12.1 Å². The molecule has 5 atom stereocenters. The smallest absolute Gasteiger partial charge is 0.387 e. The lowest BCUT2D eigenvalue weighted by Crippen LogP contribution is -2.45. The Kier molecular flexibility index (Phi) is 4.92. The molecule has 166 valence electrons. The molecule has 0 aliphatic carbocycles. The van der Waals surface area contributed by atoms with Crippen molar-refractivity contribution in [3.63, 3.8) is 0 Å². The number of hydrogen-bond acceptors (Lipinski definition) is 8. The second-order valence-corrected chi connectivity index (χ2v) is 7.69. The van der Waals surface area contributed by atoms with E-state index in [9.17, 15) is 28.5 Å². The van der Waals surface area contributed by atoms with E-state index in [-0.39, 0.29) is 28.1 Å². The Labute approximate surface area is 173 Å². The third-order valence-electron chi connectivity index (χ3n) is 5.57. The van der Waals surface area contributed by atoms with Crippen molar-refractivity contribution >= 4 is 17.0 Å². The van der Waals surface area contributed by atoms with Crippen LogP contribution < -0.4 is 5.73 Å². The number of nitrogens with two attached hydrogens (primary N) is 1. The number of aromatic nitrogens is 4. The predicted octanol–water partition coefficient (Wildman–Crippen LogP) is 1.26. The summed E-state index contributed by atoms with van der Waals surface area (Å²) in [6, 6.07) is 3.16. The summed E-state index contributed by atoms with van der Waals surface area (Å²) in [6.45, 7) is 2.57. The molecule has 1 aliphatic heterocycles. The number of benzene rings is 1. The maximum absolute atomic E-state index is 13.1. The van der Waals surface area contributed by atoms with Crippen LogP contribution in [0.1, 0.15) is 29.8 Å². The van der Waals surface area contributed by atoms with Crippen molar-refractivity contribution < 1.29 is 33.2 Å². The average Bonchev–Trinajstić information content (AvgIpc) is 3.23. The minimum absolute atomic E-state index is 0.0944. The molecule has 1 fully saturated rings. The van der Waals surface area contributed by atoms with Crippen molar-refractivity contribution in [3.05, 3.63) is 47.5 Å². The summed E-state index contributed by atoms with van der Waals surface area (Å²) in [5.74, 6) is 0.112. The van der Waals surface area contributed by atoms with Crippen LogP contribution >= 0.6 is 0 Å². The van der Waals surface area contributed by atoms with Crippen LogP contribution in [0, 0.1) is 6.92 Å². The molecule has 3 heterocycles. The summed E-state index contributed by atoms with van der Waals surface area (Å²) in [7, 11) is 0. The fourth-order valence-corrected chi connectivity index (χ4v) is 3.87. The Hall–Kier alpha value is -2.80. The number of halogens is 3. The van der Waals surface area contributed by atoms with Crippen LogP contribution in [-0.2, 0) is 16.5 Å². The monoisotopic (exact) mass is 439 g/mol. The van der Waals surface area contributed by atoms with Gasteiger partial charge in [0.05, 0.1) is 11.9 Å². The lowest BCUT2D eigenvalue weighted by atomic mass is 9.85. The number of rotatable bonds is 3. The number of imidazole rings is 1. The first-order chi connectivity index (χ1) is 14.4. The number of alkyl halides is 3. The van der Waals surface area contributed by atoms with Crippen molar-refractivity contribution in [1.82, 2.24) is 19.5 Å². The zero-order valence-electron chi connectivity index (χ0n) is 16.4. The summed E-state index contributed by atoms with van der Waals surface area (Å²) < 4.78 is 46.3. The van der Waals surface area contributed by atoms with Gasteiger partial charge in [-0.2, -0.15) is 13.2 Å². The number of nitrogens with zero attached hydrogens (tertiary/aromatic N) is 4. The largest absolute Gasteiger partial charge is 0.416 e. The molecule has 9 nitrogen and oxygen atoms in total. The lowest BCUT2D eigenvalue weighted by molar-refractivity contribution is -0.139. The molecule has 0 amide bonds. The van der Waals surface area contributed by atoms with E-state index in [0.717, 1.165) is 12.1 Å². The minimum atomic E-state index is -4.54.